The molecule has 78 valence electrons. The van der Waals surface area contributed by atoms with Crippen molar-refractivity contribution in [3.63, 3.8) is 0 Å². The maximum Gasteiger partial charge on any atom is 0.333 e. The first-order valence-corrected chi connectivity index (χ1v) is 4.35. The van der Waals surface area contributed by atoms with Crippen LogP contribution in [0.15, 0.2) is 12.2 Å². The van der Waals surface area contributed by atoms with Crippen molar-refractivity contribution in [2.75, 3.05) is 6.54 Å². The van der Waals surface area contributed by atoms with E-state index in [4.69, 9.17) is 9.84 Å². The predicted molar refractivity (Wildman–Crippen MR) is 48.7 cm³/mol. The van der Waals surface area contributed by atoms with E-state index in [1.807, 2.05) is 0 Å². The predicted octanol–water partition coefficient (Wildman–Crippen LogP) is -0.0792. The van der Waals surface area contributed by atoms with E-state index in [-0.39, 0.29) is 5.57 Å². The summed E-state index contributed by atoms with van der Waals surface area (Å²) in [5, 5.41) is 11.5. The van der Waals surface area contributed by atoms with Crippen LogP contribution in [0.5, 0.6) is 0 Å². The van der Waals surface area contributed by atoms with Crippen molar-refractivity contribution < 1.29 is 19.4 Å². The third kappa shape index (κ3) is 2.32. The molecule has 1 rings (SSSR count). The molecular formula is C9H13NO4. The van der Waals surface area contributed by atoms with Crippen molar-refractivity contribution in [2.45, 2.75) is 25.5 Å². The van der Waals surface area contributed by atoms with Crippen LogP contribution >= 0.6 is 0 Å². The SMILES string of the molecule is C=C(C)C(=O)OC1CCN[C@@H]1C(=O)O. The first-order valence-electron chi connectivity index (χ1n) is 4.35. The number of ether oxygens (including phenoxy) is 1. The van der Waals surface area contributed by atoms with Gasteiger partial charge in [-0.1, -0.05) is 6.58 Å². The monoisotopic (exact) mass is 199 g/mol. The minimum atomic E-state index is -0.998. The Morgan fingerprint density at radius 2 is 2.21 bits per heavy atom. The molecule has 0 bridgehead atoms. The number of carboxylic acid groups (broad SMARTS) is 1. The number of nitrogens with one attached hydrogen (secondary N) is 1. The summed E-state index contributed by atoms with van der Waals surface area (Å²) in [4.78, 5) is 21.8. The molecule has 14 heavy (non-hydrogen) atoms. The van der Waals surface area contributed by atoms with E-state index in [1.165, 1.54) is 6.92 Å². The average molecular weight is 199 g/mol. The Hall–Kier alpha value is -1.36. The van der Waals surface area contributed by atoms with E-state index >= 15 is 0 Å². The van der Waals surface area contributed by atoms with Crippen LogP contribution in [0.1, 0.15) is 13.3 Å². The van der Waals surface area contributed by atoms with E-state index in [9.17, 15) is 9.59 Å². The summed E-state index contributed by atoms with van der Waals surface area (Å²) in [6.07, 6.45) is -0.0626. The van der Waals surface area contributed by atoms with Crippen LogP contribution in [0.2, 0.25) is 0 Å². The molecule has 0 amide bonds. The minimum Gasteiger partial charge on any atom is -0.480 e. The van der Waals surface area contributed by atoms with E-state index in [2.05, 4.69) is 11.9 Å². The number of hydrogen-bond donors (Lipinski definition) is 2. The van der Waals surface area contributed by atoms with Crippen LogP contribution < -0.4 is 5.32 Å². The van der Waals surface area contributed by atoms with Gasteiger partial charge in [0.15, 0.2) is 0 Å². The highest BCUT2D eigenvalue weighted by atomic mass is 16.5. The molecule has 1 unspecified atom stereocenters. The lowest BCUT2D eigenvalue weighted by molar-refractivity contribution is -0.150. The molecule has 5 heteroatoms. The van der Waals surface area contributed by atoms with Crippen LogP contribution in [0.3, 0.4) is 0 Å². The Morgan fingerprint density at radius 1 is 1.57 bits per heavy atom. The Kier molecular flexibility index (Phi) is 3.24. The second-order valence-corrected chi connectivity index (χ2v) is 3.28. The Balaban J connectivity index is 2.56. The van der Waals surface area contributed by atoms with Gasteiger partial charge in [0.2, 0.25) is 0 Å². The maximum atomic E-state index is 11.1. The van der Waals surface area contributed by atoms with Crippen LogP contribution in [0.4, 0.5) is 0 Å². The topological polar surface area (TPSA) is 75.6 Å². The van der Waals surface area contributed by atoms with E-state index in [1.54, 1.807) is 0 Å². The molecule has 1 aliphatic heterocycles. The van der Waals surface area contributed by atoms with Gasteiger partial charge in [-0.2, -0.15) is 0 Å². The number of rotatable bonds is 3. The summed E-state index contributed by atoms with van der Waals surface area (Å²) in [7, 11) is 0. The Bertz CT molecular complexity index is 274. The first-order chi connectivity index (χ1) is 6.52. The number of carboxylic acids is 1. The highest BCUT2D eigenvalue weighted by molar-refractivity contribution is 5.87. The van der Waals surface area contributed by atoms with Gasteiger partial charge < -0.3 is 15.2 Å². The largest absolute Gasteiger partial charge is 0.480 e. The molecule has 0 aromatic carbocycles. The zero-order valence-corrected chi connectivity index (χ0v) is 7.95. The molecule has 5 nitrogen and oxygen atoms in total. The van der Waals surface area contributed by atoms with Crippen LogP contribution in [-0.2, 0) is 14.3 Å². The fourth-order valence-electron chi connectivity index (χ4n) is 1.29. The molecule has 1 saturated heterocycles. The van der Waals surface area contributed by atoms with Crippen molar-refractivity contribution in [1.29, 1.82) is 0 Å². The zero-order valence-electron chi connectivity index (χ0n) is 7.95. The summed E-state index contributed by atoms with van der Waals surface area (Å²) in [5.41, 5.74) is 0.279. The molecule has 1 fully saturated rings. The molecule has 0 saturated carbocycles. The summed E-state index contributed by atoms with van der Waals surface area (Å²) in [6, 6.07) is -0.793. The molecule has 0 spiro atoms. The number of carbonyl (C=O) groups excluding carboxylic acids is 1. The van der Waals surface area contributed by atoms with E-state index in [0.29, 0.717) is 13.0 Å². The molecule has 1 heterocycles. The summed E-state index contributed by atoms with van der Waals surface area (Å²) in [6.45, 7) is 5.50. The number of aliphatic carboxylic acids is 1. The average Bonchev–Trinajstić information content (AvgIpc) is 2.52. The van der Waals surface area contributed by atoms with Crippen molar-refractivity contribution in [3.8, 4) is 0 Å². The second kappa shape index (κ2) is 4.23. The molecule has 0 aliphatic carbocycles. The highest BCUT2D eigenvalue weighted by Crippen LogP contribution is 2.13. The van der Waals surface area contributed by atoms with E-state index in [0.717, 1.165) is 0 Å². The lowest BCUT2D eigenvalue weighted by Gasteiger charge is -2.16. The number of carbonyl (C=O) groups is 2. The third-order valence-electron chi connectivity index (χ3n) is 2.04. The molecule has 0 radical (unpaired) electrons. The Labute approximate surface area is 81.7 Å². The summed E-state index contributed by atoms with van der Waals surface area (Å²) < 4.78 is 4.96. The normalized spacial score (nSPS) is 25.8. The lowest BCUT2D eigenvalue weighted by atomic mass is 10.2. The van der Waals surface area contributed by atoms with Gasteiger partial charge >= 0.3 is 11.9 Å². The van der Waals surface area contributed by atoms with Gasteiger partial charge in [-0.05, 0) is 19.9 Å². The quantitative estimate of drug-likeness (QED) is 0.491. The van der Waals surface area contributed by atoms with Crippen LogP contribution in [-0.4, -0.2) is 35.7 Å². The first kappa shape index (κ1) is 10.7. The van der Waals surface area contributed by atoms with Crippen molar-refractivity contribution >= 4 is 11.9 Å². The van der Waals surface area contributed by atoms with Crippen molar-refractivity contribution in [1.82, 2.24) is 5.32 Å². The van der Waals surface area contributed by atoms with Crippen molar-refractivity contribution in [3.05, 3.63) is 12.2 Å². The van der Waals surface area contributed by atoms with Gasteiger partial charge in [0.1, 0.15) is 12.1 Å². The Morgan fingerprint density at radius 3 is 2.71 bits per heavy atom. The molecule has 0 aromatic rings. The lowest BCUT2D eigenvalue weighted by Crippen LogP contribution is -2.40. The third-order valence-corrected chi connectivity index (χ3v) is 2.04. The number of esters is 1. The fraction of sp³-hybridized carbons (Fsp3) is 0.556. The maximum absolute atomic E-state index is 11.1. The zero-order chi connectivity index (χ0) is 10.7. The molecule has 2 N–H and O–H groups in total. The smallest absolute Gasteiger partial charge is 0.333 e. The van der Waals surface area contributed by atoms with Crippen molar-refractivity contribution in [2.24, 2.45) is 0 Å². The van der Waals surface area contributed by atoms with Crippen LogP contribution in [0.25, 0.3) is 0 Å². The molecular weight excluding hydrogens is 186 g/mol. The molecule has 2 atom stereocenters. The van der Waals surface area contributed by atoms with Gasteiger partial charge in [-0.15, -0.1) is 0 Å². The van der Waals surface area contributed by atoms with Gasteiger partial charge in [0, 0.05) is 5.57 Å². The van der Waals surface area contributed by atoms with Gasteiger partial charge in [-0.25, -0.2) is 4.79 Å². The van der Waals surface area contributed by atoms with Gasteiger partial charge in [-0.3, -0.25) is 4.79 Å². The fourth-order valence-corrected chi connectivity index (χ4v) is 1.29. The molecule has 1 aliphatic rings. The van der Waals surface area contributed by atoms with Crippen LogP contribution in [0, 0.1) is 0 Å². The summed E-state index contributed by atoms with van der Waals surface area (Å²) in [5.74, 6) is -1.54. The highest BCUT2D eigenvalue weighted by Gasteiger charge is 2.35. The second-order valence-electron chi connectivity index (χ2n) is 3.28. The molecule has 0 aromatic heterocycles. The minimum absolute atomic E-state index is 0.279. The van der Waals surface area contributed by atoms with E-state index < -0.39 is 24.1 Å². The number of hydrogen-bond acceptors (Lipinski definition) is 4. The summed E-state index contributed by atoms with van der Waals surface area (Å²) >= 11 is 0. The van der Waals surface area contributed by atoms with Gasteiger partial charge in [0.05, 0.1) is 0 Å². The standard InChI is InChI=1S/C9H13NO4/c1-5(2)9(13)14-6-3-4-10-7(6)8(11)12/h6-7,10H,1,3-4H2,2H3,(H,11,12)/t6?,7-/m0/s1. The van der Waals surface area contributed by atoms with Gasteiger partial charge in [0.25, 0.3) is 0 Å².